The van der Waals surface area contributed by atoms with Crippen molar-refractivity contribution in [3.8, 4) is 11.5 Å². The summed E-state index contributed by atoms with van der Waals surface area (Å²) in [5.74, 6) is 0.741. The molecule has 0 radical (unpaired) electrons. The molecule has 2 aromatic rings. The lowest BCUT2D eigenvalue weighted by Crippen LogP contribution is -2.34. The highest BCUT2D eigenvalue weighted by Gasteiger charge is 2.22. The van der Waals surface area contributed by atoms with Gasteiger partial charge in [-0.05, 0) is 43.2 Å². The van der Waals surface area contributed by atoms with Crippen LogP contribution in [-0.2, 0) is 14.8 Å². The van der Waals surface area contributed by atoms with E-state index in [-0.39, 0.29) is 16.9 Å². The third-order valence-corrected chi connectivity index (χ3v) is 6.62. The molecule has 1 amide bonds. The Hall–Kier alpha value is -2.78. The van der Waals surface area contributed by atoms with E-state index in [0.717, 1.165) is 25.9 Å². The first kappa shape index (κ1) is 21.5. The van der Waals surface area contributed by atoms with Gasteiger partial charge in [0.2, 0.25) is 0 Å². The average molecular weight is 447 g/mol. The van der Waals surface area contributed by atoms with Gasteiger partial charge in [-0.1, -0.05) is 6.07 Å². The van der Waals surface area contributed by atoms with Crippen LogP contribution in [0.5, 0.6) is 11.5 Å². The third kappa shape index (κ3) is 5.11. The van der Waals surface area contributed by atoms with Crippen LogP contribution in [0, 0.1) is 0 Å². The molecule has 2 aliphatic heterocycles. The summed E-state index contributed by atoms with van der Waals surface area (Å²) in [7, 11) is -2.15. The summed E-state index contributed by atoms with van der Waals surface area (Å²) in [5.41, 5.74) is 0.711. The number of hydrogen-bond donors (Lipinski definition) is 1. The fourth-order valence-electron chi connectivity index (χ4n) is 3.64. The quantitative estimate of drug-likeness (QED) is 0.733. The lowest BCUT2D eigenvalue weighted by molar-refractivity contribution is 0.0587. The van der Waals surface area contributed by atoms with Crippen LogP contribution in [0.1, 0.15) is 29.6 Å². The number of carbonyl (C=O) groups excluding carboxylic acids is 1. The Morgan fingerprint density at radius 3 is 2.65 bits per heavy atom. The van der Waals surface area contributed by atoms with Crippen molar-refractivity contribution in [1.29, 1.82) is 0 Å². The molecule has 4 rings (SSSR count). The molecule has 2 heterocycles. The standard InChI is InChI=1S/C22H26N2O6S/c1-24(15-18-7-3-10-28-18)22(25)16-5-2-6-17(13-16)23-31(26,27)19-8-9-20-21(14-19)30-12-4-11-29-20/h2,5-6,8-9,13-14,18,23H,3-4,7,10-12,15H2,1H3. The SMILES string of the molecule is CN(CC1CCCO1)C(=O)c1cccc(NS(=O)(=O)c2ccc3c(c2)OCCCO3)c1. The summed E-state index contributed by atoms with van der Waals surface area (Å²) in [6, 6.07) is 11.0. The van der Waals surface area contributed by atoms with Gasteiger partial charge in [-0.2, -0.15) is 0 Å². The Morgan fingerprint density at radius 1 is 1.06 bits per heavy atom. The molecule has 0 aromatic heterocycles. The summed E-state index contributed by atoms with van der Waals surface area (Å²) >= 11 is 0. The molecule has 0 bridgehead atoms. The fourth-order valence-corrected chi connectivity index (χ4v) is 4.70. The number of rotatable bonds is 6. The minimum absolute atomic E-state index is 0.0510. The maximum Gasteiger partial charge on any atom is 0.262 e. The van der Waals surface area contributed by atoms with Crippen LogP contribution in [-0.4, -0.2) is 58.7 Å². The van der Waals surface area contributed by atoms with Crippen molar-refractivity contribution in [3.05, 3.63) is 48.0 Å². The van der Waals surface area contributed by atoms with Crippen molar-refractivity contribution in [2.24, 2.45) is 0 Å². The van der Waals surface area contributed by atoms with Crippen molar-refractivity contribution < 1.29 is 27.4 Å². The topological polar surface area (TPSA) is 94.2 Å². The van der Waals surface area contributed by atoms with E-state index in [2.05, 4.69) is 4.72 Å². The highest BCUT2D eigenvalue weighted by atomic mass is 32.2. The van der Waals surface area contributed by atoms with Crippen LogP contribution in [0.15, 0.2) is 47.4 Å². The maximum absolute atomic E-state index is 12.9. The predicted octanol–water partition coefficient (Wildman–Crippen LogP) is 2.90. The number of amides is 1. The van der Waals surface area contributed by atoms with E-state index in [4.69, 9.17) is 14.2 Å². The van der Waals surface area contributed by atoms with Crippen molar-refractivity contribution in [3.63, 3.8) is 0 Å². The zero-order chi connectivity index (χ0) is 21.8. The largest absolute Gasteiger partial charge is 0.490 e. The van der Waals surface area contributed by atoms with E-state index in [0.29, 0.717) is 42.5 Å². The van der Waals surface area contributed by atoms with Gasteiger partial charge in [-0.15, -0.1) is 0 Å². The number of carbonyl (C=O) groups is 1. The number of sulfonamides is 1. The van der Waals surface area contributed by atoms with E-state index in [1.54, 1.807) is 36.2 Å². The molecule has 0 aliphatic carbocycles. The summed E-state index contributed by atoms with van der Waals surface area (Å²) in [5, 5.41) is 0. The molecule has 2 aliphatic rings. The normalized spacial score (nSPS) is 18.3. The van der Waals surface area contributed by atoms with Gasteiger partial charge in [0.05, 0.1) is 24.2 Å². The van der Waals surface area contributed by atoms with E-state index in [1.165, 1.54) is 18.2 Å². The first-order valence-corrected chi connectivity index (χ1v) is 11.8. The van der Waals surface area contributed by atoms with Crippen molar-refractivity contribution in [1.82, 2.24) is 4.90 Å². The number of ether oxygens (including phenoxy) is 3. The Bertz CT molecular complexity index is 1050. The summed E-state index contributed by atoms with van der Waals surface area (Å²) in [4.78, 5) is 14.4. The van der Waals surface area contributed by atoms with E-state index < -0.39 is 10.0 Å². The molecular weight excluding hydrogens is 420 g/mol. The van der Waals surface area contributed by atoms with Crippen LogP contribution in [0.3, 0.4) is 0 Å². The molecule has 1 atom stereocenters. The molecule has 8 nitrogen and oxygen atoms in total. The van der Waals surface area contributed by atoms with Gasteiger partial charge in [-0.25, -0.2) is 8.42 Å². The number of nitrogens with one attached hydrogen (secondary N) is 1. The lowest BCUT2D eigenvalue weighted by atomic mass is 10.1. The zero-order valence-corrected chi connectivity index (χ0v) is 18.2. The molecule has 9 heteroatoms. The Balaban J connectivity index is 1.49. The molecule has 31 heavy (non-hydrogen) atoms. The highest BCUT2D eigenvalue weighted by Crippen LogP contribution is 2.32. The second-order valence-corrected chi connectivity index (χ2v) is 9.35. The van der Waals surface area contributed by atoms with Gasteiger partial charge < -0.3 is 19.1 Å². The van der Waals surface area contributed by atoms with Crippen LogP contribution >= 0.6 is 0 Å². The van der Waals surface area contributed by atoms with Crippen molar-refractivity contribution >= 4 is 21.6 Å². The smallest absolute Gasteiger partial charge is 0.262 e. The average Bonchev–Trinajstić information content (AvgIpc) is 3.15. The molecule has 1 N–H and O–H groups in total. The number of benzene rings is 2. The molecule has 2 aromatic carbocycles. The molecule has 0 spiro atoms. The van der Waals surface area contributed by atoms with Crippen molar-refractivity contribution in [2.45, 2.75) is 30.3 Å². The first-order valence-electron chi connectivity index (χ1n) is 10.3. The molecule has 1 unspecified atom stereocenters. The van der Waals surface area contributed by atoms with Gasteiger partial charge in [0, 0.05) is 43.9 Å². The summed E-state index contributed by atoms with van der Waals surface area (Å²) < 4.78 is 45.1. The van der Waals surface area contributed by atoms with E-state index in [1.807, 2.05) is 0 Å². The van der Waals surface area contributed by atoms with Gasteiger partial charge in [0.1, 0.15) is 0 Å². The van der Waals surface area contributed by atoms with Gasteiger partial charge in [0.15, 0.2) is 11.5 Å². The second-order valence-electron chi connectivity index (χ2n) is 7.67. The maximum atomic E-state index is 12.9. The molecule has 1 fully saturated rings. The third-order valence-electron chi connectivity index (χ3n) is 5.24. The Kier molecular flexibility index (Phi) is 6.33. The van der Waals surface area contributed by atoms with Gasteiger partial charge in [0.25, 0.3) is 15.9 Å². The fraction of sp³-hybridized carbons (Fsp3) is 0.409. The van der Waals surface area contributed by atoms with Crippen molar-refractivity contribution in [2.75, 3.05) is 38.1 Å². The monoisotopic (exact) mass is 446 g/mol. The lowest BCUT2D eigenvalue weighted by Gasteiger charge is -2.21. The highest BCUT2D eigenvalue weighted by molar-refractivity contribution is 7.92. The number of nitrogens with zero attached hydrogens (tertiary/aromatic N) is 1. The van der Waals surface area contributed by atoms with E-state index in [9.17, 15) is 13.2 Å². The summed E-state index contributed by atoms with van der Waals surface area (Å²) in [6.07, 6.45) is 2.73. The van der Waals surface area contributed by atoms with Crippen LogP contribution in [0.25, 0.3) is 0 Å². The molecular formula is C22H26N2O6S. The first-order chi connectivity index (χ1) is 14.9. The van der Waals surface area contributed by atoms with Gasteiger partial charge in [-0.3, -0.25) is 9.52 Å². The Morgan fingerprint density at radius 2 is 1.87 bits per heavy atom. The number of hydrogen-bond acceptors (Lipinski definition) is 6. The van der Waals surface area contributed by atoms with E-state index >= 15 is 0 Å². The molecule has 166 valence electrons. The molecule has 1 saturated heterocycles. The number of fused-ring (bicyclic) bond motifs is 1. The second kappa shape index (κ2) is 9.15. The van der Waals surface area contributed by atoms with Crippen LogP contribution in [0.4, 0.5) is 5.69 Å². The minimum atomic E-state index is -3.87. The minimum Gasteiger partial charge on any atom is -0.490 e. The van der Waals surface area contributed by atoms with Crippen LogP contribution in [0.2, 0.25) is 0 Å². The zero-order valence-electron chi connectivity index (χ0n) is 17.4. The van der Waals surface area contributed by atoms with Gasteiger partial charge >= 0.3 is 0 Å². The molecule has 0 saturated carbocycles. The number of anilines is 1. The van der Waals surface area contributed by atoms with Crippen LogP contribution < -0.4 is 14.2 Å². The summed E-state index contributed by atoms with van der Waals surface area (Å²) in [6.45, 7) is 2.22. The Labute approximate surface area is 182 Å². The predicted molar refractivity (Wildman–Crippen MR) is 115 cm³/mol. The number of likely N-dealkylation sites (N-methyl/N-ethyl adjacent to an activating group) is 1.